The van der Waals surface area contributed by atoms with Crippen LogP contribution in [0.5, 0.6) is 5.75 Å². The minimum atomic E-state index is -1.04. The Balaban J connectivity index is 2.64. The summed E-state index contributed by atoms with van der Waals surface area (Å²) in [5.41, 5.74) is 0.0738. The number of fused-ring (bicyclic) bond motifs is 1. The van der Waals surface area contributed by atoms with Gasteiger partial charge in [0.2, 0.25) is 0 Å². The Labute approximate surface area is 102 Å². The van der Waals surface area contributed by atoms with E-state index < -0.39 is 11.9 Å². The van der Waals surface area contributed by atoms with E-state index in [0.29, 0.717) is 16.7 Å². The molecular weight excluding hydrogens is 236 g/mol. The number of hydrogen-bond acceptors (Lipinski definition) is 4. The van der Waals surface area contributed by atoms with Gasteiger partial charge in [-0.3, -0.25) is 9.59 Å². The number of benzene rings is 1. The summed E-state index contributed by atoms with van der Waals surface area (Å²) in [6.07, 6.45) is 0. The number of H-pyrrole nitrogens is 1. The first-order chi connectivity index (χ1) is 8.52. The summed E-state index contributed by atoms with van der Waals surface area (Å²) >= 11 is 0. The van der Waals surface area contributed by atoms with Crippen molar-refractivity contribution in [2.45, 2.75) is 12.8 Å². The lowest BCUT2D eigenvalue weighted by atomic mass is 10.1. The van der Waals surface area contributed by atoms with E-state index in [2.05, 4.69) is 9.97 Å². The van der Waals surface area contributed by atoms with Crippen LogP contribution >= 0.6 is 0 Å². The zero-order valence-electron chi connectivity index (χ0n) is 9.93. The van der Waals surface area contributed by atoms with Crippen LogP contribution in [0.2, 0.25) is 0 Å². The van der Waals surface area contributed by atoms with Gasteiger partial charge in [0.15, 0.2) is 0 Å². The molecule has 6 nitrogen and oxygen atoms in total. The van der Waals surface area contributed by atoms with E-state index in [1.165, 1.54) is 14.0 Å². The summed E-state index contributed by atoms with van der Waals surface area (Å²) in [7, 11) is 1.50. The van der Waals surface area contributed by atoms with Gasteiger partial charge < -0.3 is 14.8 Å². The molecule has 0 aliphatic rings. The quantitative estimate of drug-likeness (QED) is 0.849. The lowest BCUT2D eigenvalue weighted by molar-refractivity contribution is -0.138. The van der Waals surface area contributed by atoms with Crippen LogP contribution in [0.25, 0.3) is 10.9 Å². The van der Waals surface area contributed by atoms with Crippen molar-refractivity contribution in [3.8, 4) is 5.75 Å². The van der Waals surface area contributed by atoms with Crippen molar-refractivity contribution in [3.63, 3.8) is 0 Å². The number of aromatic amines is 1. The first-order valence-corrected chi connectivity index (χ1v) is 5.33. The maximum Gasteiger partial charge on any atom is 0.313 e. The van der Waals surface area contributed by atoms with Crippen LogP contribution in [0.1, 0.15) is 18.7 Å². The highest BCUT2D eigenvalue weighted by Crippen LogP contribution is 2.18. The largest absolute Gasteiger partial charge is 0.497 e. The van der Waals surface area contributed by atoms with Crippen LogP contribution in [0.15, 0.2) is 23.0 Å². The highest BCUT2D eigenvalue weighted by atomic mass is 16.5. The molecule has 1 heterocycles. The van der Waals surface area contributed by atoms with Gasteiger partial charge in [-0.1, -0.05) is 0 Å². The summed E-state index contributed by atoms with van der Waals surface area (Å²) in [5.74, 6) is -1.20. The SMILES string of the molecule is COc1ccc2nc(C(C)C(=O)O)[nH]c(=O)c2c1. The van der Waals surface area contributed by atoms with E-state index in [0.717, 1.165) is 0 Å². The van der Waals surface area contributed by atoms with Crippen LogP contribution in [-0.2, 0) is 4.79 Å². The van der Waals surface area contributed by atoms with E-state index in [9.17, 15) is 9.59 Å². The maximum atomic E-state index is 11.9. The molecule has 0 aliphatic heterocycles. The van der Waals surface area contributed by atoms with Gasteiger partial charge in [0.1, 0.15) is 17.5 Å². The van der Waals surface area contributed by atoms with Gasteiger partial charge in [-0.25, -0.2) is 4.98 Å². The van der Waals surface area contributed by atoms with E-state index in [-0.39, 0.29) is 11.4 Å². The van der Waals surface area contributed by atoms with Crippen molar-refractivity contribution >= 4 is 16.9 Å². The standard InChI is InChI=1S/C12H12N2O4/c1-6(12(16)17)10-13-9-4-3-7(18-2)5-8(9)11(15)14-10/h3-6H,1-2H3,(H,16,17)(H,13,14,15). The molecule has 0 spiro atoms. The van der Waals surface area contributed by atoms with Gasteiger partial charge in [-0.2, -0.15) is 0 Å². The number of carboxylic acid groups (broad SMARTS) is 1. The average Bonchev–Trinajstić information content (AvgIpc) is 2.37. The lowest BCUT2D eigenvalue weighted by Crippen LogP contribution is -2.18. The topological polar surface area (TPSA) is 92.3 Å². The number of ether oxygens (including phenoxy) is 1. The Hall–Kier alpha value is -2.37. The zero-order valence-corrected chi connectivity index (χ0v) is 9.93. The normalized spacial score (nSPS) is 12.3. The molecule has 0 saturated carbocycles. The van der Waals surface area contributed by atoms with Crippen LogP contribution in [0, 0.1) is 0 Å². The molecule has 1 aromatic carbocycles. The molecule has 0 fully saturated rings. The molecule has 1 atom stereocenters. The zero-order chi connectivity index (χ0) is 13.3. The molecule has 18 heavy (non-hydrogen) atoms. The predicted molar refractivity (Wildman–Crippen MR) is 65.0 cm³/mol. The molecule has 0 amide bonds. The first-order valence-electron chi connectivity index (χ1n) is 5.33. The van der Waals surface area contributed by atoms with Crippen molar-refractivity contribution in [1.82, 2.24) is 9.97 Å². The summed E-state index contributed by atoms with van der Waals surface area (Å²) in [6.45, 7) is 1.47. The van der Waals surface area contributed by atoms with Crippen molar-refractivity contribution in [1.29, 1.82) is 0 Å². The number of hydrogen-bond donors (Lipinski definition) is 2. The highest BCUT2D eigenvalue weighted by Gasteiger charge is 2.17. The molecule has 0 aliphatic carbocycles. The van der Waals surface area contributed by atoms with E-state index in [1.54, 1.807) is 18.2 Å². The van der Waals surface area contributed by atoms with E-state index in [1.807, 2.05) is 0 Å². The van der Waals surface area contributed by atoms with Crippen molar-refractivity contribution in [2.75, 3.05) is 7.11 Å². The third-order valence-electron chi connectivity index (χ3n) is 2.71. The van der Waals surface area contributed by atoms with Crippen molar-refractivity contribution < 1.29 is 14.6 Å². The third kappa shape index (κ3) is 2.04. The maximum absolute atomic E-state index is 11.9. The number of carbonyl (C=O) groups is 1. The van der Waals surface area contributed by atoms with E-state index >= 15 is 0 Å². The predicted octanol–water partition coefficient (Wildman–Crippen LogP) is 1.12. The number of rotatable bonds is 3. The van der Waals surface area contributed by atoms with E-state index in [4.69, 9.17) is 9.84 Å². The van der Waals surface area contributed by atoms with Crippen LogP contribution in [0.3, 0.4) is 0 Å². The number of carboxylic acids is 1. The molecule has 2 rings (SSSR count). The van der Waals surface area contributed by atoms with Gasteiger partial charge in [0.05, 0.1) is 18.0 Å². The summed E-state index contributed by atoms with van der Waals surface area (Å²) in [5, 5.41) is 9.27. The van der Waals surface area contributed by atoms with Crippen LogP contribution in [0.4, 0.5) is 0 Å². The van der Waals surface area contributed by atoms with Crippen molar-refractivity contribution in [3.05, 3.63) is 34.4 Å². The second kappa shape index (κ2) is 4.48. The number of methoxy groups -OCH3 is 1. The molecule has 2 aromatic rings. The van der Waals surface area contributed by atoms with Gasteiger partial charge in [-0.05, 0) is 25.1 Å². The average molecular weight is 248 g/mol. The molecule has 0 bridgehead atoms. The second-order valence-electron chi connectivity index (χ2n) is 3.89. The van der Waals surface area contributed by atoms with Gasteiger partial charge in [0, 0.05) is 0 Å². The van der Waals surface area contributed by atoms with Gasteiger partial charge >= 0.3 is 5.97 Å². The minimum absolute atomic E-state index is 0.144. The molecular formula is C12H12N2O4. The Morgan fingerprint density at radius 3 is 2.83 bits per heavy atom. The molecule has 0 saturated heterocycles. The van der Waals surface area contributed by atoms with Gasteiger partial charge in [0.25, 0.3) is 5.56 Å². The molecule has 0 radical (unpaired) electrons. The fraction of sp³-hybridized carbons (Fsp3) is 0.250. The Kier molecular flexibility index (Phi) is 3.01. The number of nitrogens with one attached hydrogen (secondary N) is 1. The van der Waals surface area contributed by atoms with Crippen LogP contribution in [-0.4, -0.2) is 28.2 Å². The lowest BCUT2D eigenvalue weighted by Gasteiger charge is -2.07. The summed E-state index contributed by atoms with van der Waals surface area (Å²) < 4.78 is 5.02. The highest BCUT2D eigenvalue weighted by molar-refractivity contribution is 5.80. The summed E-state index contributed by atoms with van der Waals surface area (Å²) in [6, 6.07) is 4.86. The number of aliphatic carboxylic acids is 1. The number of aromatic nitrogens is 2. The second-order valence-corrected chi connectivity index (χ2v) is 3.89. The Morgan fingerprint density at radius 2 is 2.22 bits per heavy atom. The summed E-state index contributed by atoms with van der Waals surface area (Å²) in [4.78, 5) is 29.3. The third-order valence-corrected chi connectivity index (χ3v) is 2.71. The minimum Gasteiger partial charge on any atom is -0.497 e. The Morgan fingerprint density at radius 1 is 1.50 bits per heavy atom. The molecule has 1 unspecified atom stereocenters. The fourth-order valence-electron chi connectivity index (χ4n) is 1.58. The number of nitrogens with zero attached hydrogens (tertiary/aromatic N) is 1. The molecule has 2 N–H and O–H groups in total. The molecule has 6 heteroatoms. The molecule has 1 aromatic heterocycles. The molecule has 94 valence electrons. The first kappa shape index (κ1) is 12.1. The van der Waals surface area contributed by atoms with Crippen molar-refractivity contribution in [2.24, 2.45) is 0 Å². The van der Waals surface area contributed by atoms with Gasteiger partial charge in [-0.15, -0.1) is 0 Å². The Bertz CT molecular complexity index is 663. The van der Waals surface area contributed by atoms with Crippen LogP contribution < -0.4 is 10.3 Å². The monoisotopic (exact) mass is 248 g/mol. The fourth-order valence-corrected chi connectivity index (χ4v) is 1.58. The smallest absolute Gasteiger partial charge is 0.313 e.